The fourth-order valence-corrected chi connectivity index (χ4v) is 3.40. The third-order valence-electron chi connectivity index (χ3n) is 3.90. The molecule has 2 rings (SSSR count). The summed E-state index contributed by atoms with van der Waals surface area (Å²) in [7, 11) is 3.22. The van der Waals surface area contributed by atoms with Gasteiger partial charge in [0.25, 0.3) is 0 Å². The van der Waals surface area contributed by atoms with Crippen LogP contribution in [-0.2, 0) is 17.9 Å². The van der Waals surface area contributed by atoms with E-state index in [0.29, 0.717) is 30.3 Å². The number of carbonyl (C=O) groups is 1. The Kier molecular flexibility index (Phi) is 7.18. The third-order valence-corrected chi connectivity index (χ3v) is 4.89. The number of carbonyl (C=O) groups excluding carboxylic acids is 1. The van der Waals surface area contributed by atoms with Gasteiger partial charge in [-0.3, -0.25) is 4.79 Å². The summed E-state index contributed by atoms with van der Waals surface area (Å²) in [6.07, 6.45) is 3.69. The largest absolute Gasteiger partial charge is 0.493 e. The van der Waals surface area contributed by atoms with Crippen molar-refractivity contribution in [1.82, 2.24) is 14.5 Å². The predicted molar refractivity (Wildman–Crippen MR) is 99.3 cm³/mol. The summed E-state index contributed by atoms with van der Waals surface area (Å²) < 4.78 is 12.6. The van der Waals surface area contributed by atoms with Gasteiger partial charge >= 0.3 is 0 Å². The maximum atomic E-state index is 12.6. The maximum absolute atomic E-state index is 12.6. The second kappa shape index (κ2) is 9.36. The van der Waals surface area contributed by atoms with E-state index >= 15 is 0 Å². The lowest BCUT2D eigenvalue weighted by atomic mass is 10.2. The Morgan fingerprint density at radius 1 is 1.24 bits per heavy atom. The molecule has 0 N–H and O–H groups in total. The number of rotatable bonds is 9. The van der Waals surface area contributed by atoms with Gasteiger partial charge in [-0.15, -0.1) is 0 Å². The monoisotopic (exact) mass is 363 g/mol. The Labute approximate surface area is 153 Å². The van der Waals surface area contributed by atoms with Gasteiger partial charge in [-0.2, -0.15) is 0 Å². The molecule has 0 atom stereocenters. The van der Waals surface area contributed by atoms with Crippen molar-refractivity contribution in [3.8, 4) is 11.5 Å². The lowest BCUT2D eigenvalue weighted by molar-refractivity contribution is -0.128. The first kappa shape index (κ1) is 19.2. The lowest BCUT2D eigenvalue weighted by Crippen LogP contribution is -2.31. The SMILES string of the molecule is CCN(Cc1ccc(OC)c(OC)c1)C(=O)CSc1nccn1CC. The van der Waals surface area contributed by atoms with Crippen molar-refractivity contribution in [2.24, 2.45) is 0 Å². The van der Waals surface area contributed by atoms with Gasteiger partial charge in [-0.25, -0.2) is 4.98 Å². The fraction of sp³-hybridized carbons (Fsp3) is 0.444. The van der Waals surface area contributed by atoms with Crippen molar-refractivity contribution in [2.75, 3.05) is 26.5 Å². The first-order valence-corrected chi connectivity index (χ1v) is 9.24. The minimum Gasteiger partial charge on any atom is -0.493 e. The number of methoxy groups -OCH3 is 2. The normalized spacial score (nSPS) is 10.6. The van der Waals surface area contributed by atoms with Crippen LogP contribution in [0.2, 0.25) is 0 Å². The van der Waals surface area contributed by atoms with Gasteiger partial charge in [0.15, 0.2) is 16.7 Å². The Bertz CT molecular complexity index is 703. The number of aromatic nitrogens is 2. The van der Waals surface area contributed by atoms with Crippen LogP contribution >= 0.6 is 11.8 Å². The Hall–Kier alpha value is -2.15. The van der Waals surface area contributed by atoms with Gasteiger partial charge in [0.1, 0.15) is 0 Å². The van der Waals surface area contributed by atoms with Crippen molar-refractivity contribution < 1.29 is 14.3 Å². The van der Waals surface area contributed by atoms with E-state index in [1.165, 1.54) is 11.8 Å². The number of ether oxygens (including phenoxy) is 2. The van der Waals surface area contributed by atoms with Crippen molar-refractivity contribution in [1.29, 1.82) is 0 Å². The Morgan fingerprint density at radius 3 is 2.64 bits per heavy atom. The number of imidazole rings is 1. The smallest absolute Gasteiger partial charge is 0.233 e. The van der Waals surface area contributed by atoms with E-state index in [1.807, 2.05) is 40.8 Å². The van der Waals surface area contributed by atoms with Crippen molar-refractivity contribution in [3.63, 3.8) is 0 Å². The van der Waals surface area contributed by atoms with E-state index < -0.39 is 0 Å². The maximum Gasteiger partial charge on any atom is 0.233 e. The van der Waals surface area contributed by atoms with Crippen LogP contribution < -0.4 is 9.47 Å². The highest BCUT2D eigenvalue weighted by atomic mass is 32.2. The highest BCUT2D eigenvalue weighted by Gasteiger charge is 2.15. The molecule has 0 saturated heterocycles. The van der Waals surface area contributed by atoms with Crippen LogP contribution in [0.5, 0.6) is 11.5 Å². The van der Waals surface area contributed by atoms with E-state index in [1.54, 1.807) is 20.4 Å². The molecule has 0 fully saturated rings. The zero-order valence-electron chi connectivity index (χ0n) is 15.2. The van der Waals surface area contributed by atoms with E-state index in [4.69, 9.17) is 9.47 Å². The molecule has 0 unspecified atom stereocenters. The van der Waals surface area contributed by atoms with Gasteiger partial charge in [-0.05, 0) is 31.5 Å². The van der Waals surface area contributed by atoms with Gasteiger partial charge in [-0.1, -0.05) is 17.8 Å². The number of hydrogen-bond acceptors (Lipinski definition) is 5. The van der Waals surface area contributed by atoms with Crippen LogP contribution in [0.3, 0.4) is 0 Å². The molecule has 0 radical (unpaired) electrons. The highest BCUT2D eigenvalue weighted by Crippen LogP contribution is 2.28. The number of nitrogens with zero attached hydrogens (tertiary/aromatic N) is 3. The number of hydrogen-bond donors (Lipinski definition) is 0. The highest BCUT2D eigenvalue weighted by molar-refractivity contribution is 7.99. The van der Waals surface area contributed by atoms with E-state index in [9.17, 15) is 4.79 Å². The molecule has 0 saturated carbocycles. The molecule has 7 heteroatoms. The molecule has 0 spiro atoms. The summed E-state index contributed by atoms with van der Waals surface area (Å²) in [5.74, 6) is 1.82. The lowest BCUT2D eigenvalue weighted by Gasteiger charge is -2.21. The molecule has 2 aromatic rings. The molecule has 1 heterocycles. The van der Waals surface area contributed by atoms with E-state index in [-0.39, 0.29) is 5.91 Å². The Morgan fingerprint density at radius 2 is 2.00 bits per heavy atom. The molecule has 0 aliphatic carbocycles. The zero-order chi connectivity index (χ0) is 18.2. The first-order chi connectivity index (χ1) is 12.1. The number of aryl methyl sites for hydroxylation is 1. The van der Waals surface area contributed by atoms with Crippen LogP contribution in [0.1, 0.15) is 19.4 Å². The summed E-state index contributed by atoms with van der Waals surface area (Å²) in [6.45, 7) is 6.08. The average molecular weight is 363 g/mol. The van der Waals surface area contributed by atoms with Crippen molar-refractivity contribution in [3.05, 3.63) is 36.2 Å². The van der Waals surface area contributed by atoms with Gasteiger partial charge < -0.3 is 18.9 Å². The molecule has 1 aromatic heterocycles. The summed E-state index contributed by atoms with van der Waals surface area (Å²) in [5, 5.41) is 0.873. The molecule has 1 aromatic carbocycles. The van der Waals surface area contributed by atoms with Crippen molar-refractivity contribution in [2.45, 2.75) is 32.1 Å². The number of benzene rings is 1. The molecule has 6 nitrogen and oxygen atoms in total. The average Bonchev–Trinajstić information content (AvgIpc) is 3.11. The first-order valence-electron chi connectivity index (χ1n) is 8.25. The second-order valence-electron chi connectivity index (χ2n) is 5.38. The number of amides is 1. The van der Waals surface area contributed by atoms with Crippen LogP contribution in [0.4, 0.5) is 0 Å². The number of thioether (sulfide) groups is 1. The van der Waals surface area contributed by atoms with E-state index in [0.717, 1.165) is 17.3 Å². The minimum absolute atomic E-state index is 0.0907. The standard InChI is InChI=1S/C18H25N3O3S/c1-5-20-10-9-19-18(20)25-13-17(22)21(6-2)12-14-7-8-15(23-3)16(11-14)24-4/h7-11H,5-6,12-13H2,1-4H3. The van der Waals surface area contributed by atoms with Gasteiger partial charge in [0.2, 0.25) is 5.91 Å². The van der Waals surface area contributed by atoms with Crippen molar-refractivity contribution >= 4 is 17.7 Å². The molecule has 0 aliphatic heterocycles. The molecule has 136 valence electrons. The molecular formula is C18H25N3O3S. The van der Waals surface area contributed by atoms with E-state index in [2.05, 4.69) is 11.9 Å². The molecular weight excluding hydrogens is 338 g/mol. The summed E-state index contributed by atoms with van der Waals surface area (Å²) >= 11 is 1.47. The van der Waals surface area contributed by atoms with Crippen LogP contribution in [0.15, 0.2) is 35.7 Å². The molecule has 0 bridgehead atoms. The quantitative estimate of drug-likeness (QED) is 0.641. The predicted octanol–water partition coefficient (Wildman–Crippen LogP) is 3.06. The summed E-state index contributed by atoms with van der Waals surface area (Å²) in [4.78, 5) is 18.7. The second-order valence-corrected chi connectivity index (χ2v) is 6.32. The molecule has 0 aliphatic rings. The van der Waals surface area contributed by atoms with Crippen LogP contribution in [0.25, 0.3) is 0 Å². The van der Waals surface area contributed by atoms with Gasteiger partial charge in [0.05, 0.1) is 20.0 Å². The topological polar surface area (TPSA) is 56.6 Å². The zero-order valence-corrected chi connectivity index (χ0v) is 16.0. The Balaban J connectivity index is 2.00. The molecule has 25 heavy (non-hydrogen) atoms. The summed E-state index contributed by atoms with van der Waals surface area (Å²) in [6, 6.07) is 5.72. The van der Waals surface area contributed by atoms with Crippen LogP contribution in [0, 0.1) is 0 Å². The minimum atomic E-state index is 0.0907. The third kappa shape index (κ3) is 4.92. The summed E-state index contributed by atoms with van der Waals surface area (Å²) in [5.41, 5.74) is 1.01. The van der Waals surface area contributed by atoms with Crippen LogP contribution in [-0.4, -0.2) is 46.9 Å². The molecule has 1 amide bonds. The van der Waals surface area contributed by atoms with Gasteiger partial charge in [0, 0.05) is 32.0 Å². The fourth-order valence-electron chi connectivity index (χ4n) is 2.47.